The number of ether oxygens (including phenoxy) is 1. The van der Waals surface area contributed by atoms with E-state index in [1.54, 1.807) is 16.6 Å². The van der Waals surface area contributed by atoms with Gasteiger partial charge >= 0.3 is 5.97 Å². The molecule has 2 unspecified atom stereocenters. The summed E-state index contributed by atoms with van der Waals surface area (Å²) in [5.41, 5.74) is 2.38. The topological polar surface area (TPSA) is 119 Å². The first-order valence-electron chi connectivity index (χ1n) is 13.6. The van der Waals surface area contributed by atoms with Crippen molar-refractivity contribution in [3.05, 3.63) is 105 Å². The summed E-state index contributed by atoms with van der Waals surface area (Å²) < 4.78 is 7.83. The van der Waals surface area contributed by atoms with Crippen LogP contribution in [0.5, 0.6) is 0 Å². The zero-order valence-electron chi connectivity index (χ0n) is 23.3. The number of allylic oxidation sites excluding steroid dienone is 1. The zero-order valence-corrected chi connectivity index (χ0v) is 25.8. The van der Waals surface area contributed by atoms with Crippen LogP contribution in [0.3, 0.4) is 0 Å². The van der Waals surface area contributed by atoms with E-state index >= 15 is 0 Å². The Labute approximate surface area is 260 Å². The number of fused-ring (bicyclic) bond motifs is 1. The SMILES string of the molecule is CC1=C(CSc2nnnn2C)C(C(=O)OC(c2ccccc2)c2ccccc2)N2C(=O)C(NC(=O)Cc3cccs3)[C@H]2S1. The largest absolute Gasteiger partial charge is 0.451 e. The molecule has 1 N–H and O–H groups in total. The Balaban J connectivity index is 1.29. The molecule has 2 amide bonds. The van der Waals surface area contributed by atoms with Crippen molar-refractivity contribution in [3.8, 4) is 0 Å². The molecule has 1 saturated heterocycles. The molecule has 3 atom stereocenters. The molecule has 10 nitrogen and oxygen atoms in total. The first-order chi connectivity index (χ1) is 20.9. The van der Waals surface area contributed by atoms with Gasteiger partial charge in [0.25, 0.3) is 0 Å². The third-order valence-electron chi connectivity index (χ3n) is 7.27. The summed E-state index contributed by atoms with van der Waals surface area (Å²) in [4.78, 5) is 44.0. The minimum atomic E-state index is -0.965. The number of β-lactam (4-membered cyclic amide) rings is 1. The fourth-order valence-electron chi connectivity index (χ4n) is 5.12. The van der Waals surface area contributed by atoms with Gasteiger partial charge in [-0.2, -0.15) is 0 Å². The highest BCUT2D eigenvalue weighted by molar-refractivity contribution is 8.04. The van der Waals surface area contributed by atoms with Crippen LogP contribution in [-0.2, 0) is 32.6 Å². The average molecular weight is 633 g/mol. The summed E-state index contributed by atoms with van der Waals surface area (Å²) in [6.45, 7) is 1.94. The fraction of sp³-hybridized carbons (Fsp3) is 0.267. The minimum Gasteiger partial charge on any atom is -0.451 e. The molecule has 220 valence electrons. The number of rotatable bonds is 10. The molecule has 0 spiro atoms. The molecule has 2 aliphatic rings. The van der Waals surface area contributed by atoms with Crippen LogP contribution in [0.15, 0.2) is 93.8 Å². The Hall–Kier alpha value is -3.94. The number of tetrazole rings is 1. The van der Waals surface area contributed by atoms with Gasteiger partial charge in [0.2, 0.25) is 17.0 Å². The van der Waals surface area contributed by atoms with E-state index < -0.39 is 29.5 Å². The number of nitrogens with zero attached hydrogens (tertiary/aromatic N) is 5. The van der Waals surface area contributed by atoms with E-state index in [4.69, 9.17) is 4.74 Å². The van der Waals surface area contributed by atoms with Gasteiger partial charge < -0.3 is 15.0 Å². The number of benzene rings is 2. The first-order valence-corrected chi connectivity index (χ1v) is 16.3. The van der Waals surface area contributed by atoms with Crippen LogP contribution >= 0.6 is 34.9 Å². The van der Waals surface area contributed by atoms with Crippen molar-refractivity contribution in [3.63, 3.8) is 0 Å². The number of esters is 1. The number of aryl methyl sites for hydroxylation is 1. The van der Waals surface area contributed by atoms with Gasteiger partial charge in [0, 0.05) is 17.7 Å². The fourth-order valence-corrected chi connectivity index (χ4v) is 8.25. The van der Waals surface area contributed by atoms with Crippen LogP contribution in [0.2, 0.25) is 0 Å². The number of hydrogen-bond acceptors (Lipinski definition) is 10. The Morgan fingerprint density at radius 1 is 1.05 bits per heavy atom. The molecule has 13 heteroatoms. The van der Waals surface area contributed by atoms with Gasteiger partial charge in [-0.15, -0.1) is 28.2 Å². The van der Waals surface area contributed by atoms with Crippen LogP contribution < -0.4 is 5.32 Å². The number of thiophene rings is 1. The van der Waals surface area contributed by atoms with E-state index in [1.165, 1.54) is 34.9 Å². The molecule has 1 fully saturated rings. The molecule has 0 radical (unpaired) electrons. The van der Waals surface area contributed by atoms with Crippen molar-refractivity contribution < 1.29 is 19.1 Å². The summed E-state index contributed by atoms with van der Waals surface area (Å²) in [7, 11) is 1.74. The van der Waals surface area contributed by atoms with Crippen molar-refractivity contribution in [1.29, 1.82) is 0 Å². The van der Waals surface area contributed by atoms with Gasteiger partial charge in [-0.05, 0) is 50.4 Å². The normalized spacial score (nSPS) is 19.7. The van der Waals surface area contributed by atoms with Crippen LogP contribution in [-0.4, -0.2) is 66.1 Å². The van der Waals surface area contributed by atoms with Crippen LogP contribution in [0.1, 0.15) is 29.0 Å². The van der Waals surface area contributed by atoms with Gasteiger partial charge in [-0.3, -0.25) is 9.59 Å². The zero-order chi connectivity index (χ0) is 29.9. The van der Waals surface area contributed by atoms with Gasteiger partial charge in [0.1, 0.15) is 11.4 Å². The minimum absolute atomic E-state index is 0.197. The van der Waals surface area contributed by atoms with Crippen molar-refractivity contribution in [2.45, 2.75) is 42.1 Å². The van der Waals surface area contributed by atoms with E-state index in [2.05, 4.69) is 20.8 Å². The second-order valence-corrected chi connectivity index (χ2v) is 13.4. The second-order valence-electron chi connectivity index (χ2n) is 10.1. The van der Waals surface area contributed by atoms with Crippen LogP contribution in [0.25, 0.3) is 0 Å². The highest BCUT2D eigenvalue weighted by atomic mass is 32.2. The van der Waals surface area contributed by atoms with Crippen LogP contribution in [0.4, 0.5) is 0 Å². The number of amides is 2. The second kappa shape index (κ2) is 12.7. The van der Waals surface area contributed by atoms with E-state index in [1.807, 2.05) is 85.1 Å². The van der Waals surface area contributed by atoms with Gasteiger partial charge in [0.15, 0.2) is 12.1 Å². The predicted octanol–water partition coefficient (Wildman–Crippen LogP) is 3.98. The van der Waals surface area contributed by atoms with Crippen LogP contribution in [0, 0.1) is 0 Å². The third kappa shape index (κ3) is 6.10. The van der Waals surface area contributed by atoms with Gasteiger partial charge in [-0.1, -0.05) is 78.5 Å². The summed E-state index contributed by atoms with van der Waals surface area (Å²) in [5, 5.41) is 16.6. The van der Waals surface area contributed by atoms with E-state index in [0.29, 0.717) is 10.9 Å². The summed E-state index contributed by atoms with van der Waals surface area (Å²) in [6.07, 6.45) is -0.472. The average Bonchev–Trinajstić information content (AvgIpc) is 3.69. The quantitative estimate of drug-likeness (QED) is 0.157. The monoisotopic (exact) mass is 632 g/mol. The lowest BCUT2D eigenvalue weighted by molar-refractivity contribution is -0.165. The molecule has 0 saturated carbocycles. The predicted molar refractivity (Wildman–Crippen MR) is 165 cm³/mol. The van der Waals surface area contributed by atoms with Crippen molar-refractivity contribution >= 4 is 52.6 Å². The summed E-state index contributed by atoms with van der Waals surface area (Å²) >= 11 is 4.35. The number of aromatic nitrogens is 4. The molecule has 4 heterocycles. The first kappa shape index (κ1) is 29.1. The number of hydrogen-bond donors (Lipinski definition) is 1. The van der Waals surface area contributed by atoms with Crippen molar-refractivity contribution in [2.75, 3.05) is 5.75 Å². The molecule has 6 rings (SSSR count). The molecule has 4 aromatic rings. The molecular formula is C30H28N6O4S3. The highest BCUT2D eigenvalue weighted by Gasteiger charge is 2.57. The summed E-state index contributed by atoms with van der Waals surface area (Å²) in [6, 6.07) is 21.1. The lowest BCUT2D eigenvalue weighted by atomic mass is 9.96. The van der Waals surface area contributed by atoms with E-state index in [0.717, 1.165) is 26.5 Å². The number of carbonyl (C=O) groups excluding carboxylic acids is 3. The highest BCUT2D eigenvalue weighted by Crippen LogP contribution is 2.46. The molecule has 0 bridgehead atoms. The number of carbonyl (C=O) groups is 3. The Morgan fingerprint density at radius 2 is 1.74 bits per heavy atom. The lowest BCUT2D eigenvalue weighted by Gasteiger charge is -2.53. The maximum absolute atomic E-state index is 14.2. The number of nitrogens with one attached hydrogen (secondary N) is 1. The Bertz CT molecular complexity index is 1610. The molecule has 2 aliphatic heterocycles. The molecule has 0 aliphatic carbocycles. The Morgan fingerprint density at radius 3 is 2.35 bits per heavy atom. The van der Waals surface area contributed by atoms with E-state index in [-0.39, 0.29) is 18.2 Å². The van der Waals surface area contributed by atoms with Gasteiger partial charge in [0.05, 0.1) is 6.42 Å². The van der Waals surface area contributed by atoms with Crippen molar-refractivity contribution in [1.82, 2.24) is 30.4 Å². The van der Waals surface area contributed by atoms with Gasteiger partial charge in [-0.25, -0.2) is 9.48 Å². The molecule has 2 aromatic carbocycles. The number of thioether (sulfide) groups is 2. The summed E-state index contributed by atoms with van der Waals surface area (Å²) in [5.74, 6) is -0.706. The molecular weight excluding hydrogens is 605 g/mol. The Kier molecular flexibility index (Phi) is 8.63. The maximum Gasteiger partial charge on any atom is 0.334 e. The van der Waals surface area contributed by atoms with Crippen molar-refractivity contribution in [2.24, 2.45) is 7.05 Å². The van der Waals surface area contributed by atoms with E-state index in [9.17, 15) is 14.4 Å². The molecule has 2 aromatic heterocycles. The third-order valence-corrected chi connectivity index (χ3v) is 10.6. The molecule has 43 heavy (non-hydrogen) atoms. The lowest BCUT2D eigenvalue weighted by Crippen LogP contribution is -2.74. The standard InChI is InChI=1S/C30H28N6O4S3/c1-18-22(17-42-30-32-33-34-35(30)2)25(29(39)40-26(19-10-5-3-6-11-19)20-12-7-4-8-13-20)36-27(38)24(28(36)43-18)31-23(37)16-21-14-9-15-41-21/h3-15,24-26,28H,16-17H2,1-2H3,(H,31,37)/t24?,25?,28-/m1/s1. The smallest absolute Gasteiger partial charge is 0.334 e. The maximum atomic E-state index is 14.2.